The smallest absolute Gasteiger partial charge is 0.264 e. The van der Waals surface area contributed by atoms with Crippen LogP contribution in [0.25, 0.3) is 21.5 Å². The van der Waals surface area contributed by atoms with Crippen LogP contribution in [0.15, 0.2) is 60.9 Å². The number of carbonyl (C=O) groups is 3. The van der Waals surface area contributed by atoms with Gasteiger partial charge in [-0.3, -0.25) is 14.4 Å². The first-order chi connectivity index (χ1) is 21.5. The Labute approximate surface area is 260 Å². The number of fused-ring (bicyclic) bond motifs is 5. The Morgan fingerprint density at radius 1 is 1.00 bits per heavy atom. The predicted octanol–water partition coefficient (Wildman–Crippen LogP) is 4.59. The summed E-state index contributed by atoms with van der Waals surface area (Å²) in [4.78, 5) is 48.1. The zero-order valence-electron chi connectivity index (χ0n) is 24.9. The molecule has 2 aliphatic rings. The zero-order valence-corrected chi connectivity index (χ0v) is 25.7. The normalized spacial score (nSPS) is 18.3. The molecule has 0 spiro atoms. The second kappa shape index (κ2) is 13.5. The number of benzene rings is 2. The Kier molecular flexibility index (Phi) is 9.11. The molecule has 11 heteroatoms. The van der Waals surface area contributed by atoms with Crippen LogP contribution in [0, 0.1) is 0 Å². The van der Waals surface area contributed by atoms with Crippen molar-refractivity contribution >= 4 is 39.1 Å². The molecule has 2 bridgehead atoms. The van der Waals surface area contributed by atoms with E-state index in [9.17, 15) is 14.4 Å². The molecule has 1 unspecified atom stereocenters. The Bertz CT molecular complexity index is 1620. The summed E-state index contributed by atoms with van der Waals surface area (Å²) in [5.74, 6) is 1.86. The quantitative estimate of drug-likeness (QED) is 0.362. The first-order valence-electron chi connectivity index (χ1n) is 15.2. The predicted molar refractivity (Wildman–Crippen MR) is 169 cm³/mol. The highest BCUT2D eigenvalue weighted by Crippen LogP contribution is 2.32. The van der Waals surface area contributed by atoms with Crippen molar-refractivity contribution < 1.29 is 23.9 Å². The Morgan fingerprint density at radius 2 is 1.82 bits per heavy atom. The molecule has 1 fully saturated rings. The highest BCUT2D eigenvalue weighted by atomic mass is 32.1. The van der Waals surface area contributed by atoms with Gasteiger partial charge in [0.1, 0.15) is 18.5 Å². The van der Waals surface area contributed by atoms with Gasteiger partial charge in [-0.05, 0) is 61.4 Å². The van der Waals surface area contributed by atoms with Crippen molar-refractivity contribution in [2.24, 2.45) is 0 Å². The van der Waals surface area contributed by atoms with Crippen molar-refractivity contribution in [3.05, 3.63) is 65.8 Å². The van der Waals surface area contributed by atoms with Crippen molar-refractivity contribution in [2.45, 2.75) is 44.7 Å². The third-order valence-electron chi connectivity index (χ3n) is 8.22. The SMILES string of the molecule is COc1ccc2cc1OCCN(C(=O)c1cc3ccccc3s1)CCCCN(C(=O)C1CCC(=O)N1)CCCn1ccnc1-2. The minimum atomic E-state index is -0.471. The van der Waals surface area contributed by atoms with Crippen LogP contribution >= 0.6 is 11.3 Å². The zero-order chi connectivity index (χ0) is 30.5. The number of aryl methyl sites for hydroxylation is 1. The summed E-state index contributed by atoms with van der Waals surface area (Å²) in [5, 5.41) is 3.88. The number of nitrogens with one attached hydrogen (secondary N) is 1. The van der Waals surface area contributed by atoms with Crippen molar-refractivity contribution in [2.75, 3.05) is 39.9 Å². The molecule has 0 aliphatic carbocycles. The third kappa shape index (κ3) is 6.57. The second-order valence-electron chi connectivity index (χ2n) is 11.1. The van der Waals surface area contributed by atoms with Gasteiger partial charge in [0.05, 0.1) is 18.5 Å². The van der Waals surface area contributed by atoms with Gasteiger partial charge in [0.25, 0.3) is 5.91 Å². The number of rotatable bonds is 3. The number of amides is 3. The summed E-state index contributed by atoms with van der Waals surface area (Å²) >= 11 is 1.50. The van der Waals surface area contributed by atoms with Gasteiger partial charge in [0.2, 0.25) is 11.8 Å². The molecule has 10 nitrogen and oxygen atoms in total. The number of imidazole rings is 1. The molecule has 3 amide bonds. The lowest BCUT2D eigenvalue weighted by atomic mass is 10.1. The molecule has 4 heterocycles. The van der Waals surface area contributed by atoms with E-state index in [4.69, 9.17) is 9.47 Å². The summed E-state index contributed by atoms with van der Waals surface area (Å²) in [7, 11) is 1.61. The van der Waals surface area contributed by atoms with Gasteiger partial charge in [0.15, 0.2) is 11.5 Å². The molecule has 0 radical (unpaired) electrons. The van der Waals surface area contributed by atoms with E-state index in [1.165, 1.54) is 11.3 Å². The van der Waals surface area contributed by atoms with E-state index >= 15 is 0 Å². The molecule has 230 valence electrons. The van der Waals surface area contributed by atoms with E-state index in [0.717, 1.165) is 40.7 Å². The molecular formula is C33H37N5O5S. The minimum absolute atomic E-state index is 0.0305. The Morgan fingerprint density at radius 3 is 2.61 bits per heavy atom. The molecule has 6 rings (SSSR count). The maximum Gasteiger partial charge on any atom is 0.264 e. The van der Waals surface area contributed by atoms with Crippen LogP contribution in [0.1, 0.15) is 41.8 Å². The van der Waals surface area contributed by atoms with Crippen LogP contribution in [0.2, 0.25) is 0 Å². The second-order valence-corrected chi connectivity index (χ2v) is 12.2. The molecule has 1 saturated heterocycles. The van der Waals surface area contributed by atoms with Crippen LogP contribution in [-0.2, 0) is 16.1 Å². The lowest BCUT2D eigenvalue weighted by Gasteiger charge is -2.27. The summed E-state index contributed by atoms with van der Waals surface area (Å²) in [5.41, 5.74) is 0.884. The number of aromatic nitrogens is 2. The number of hydrogen-bond acceptors (Lipinski definition) is 7. The summed E-state index contributed by atoms with van der Waals surface area (Å²) < 4.78 is 15.0. The fraction of sp³-hybridized carbons (Fsp3) is 0.394. The fourth-order valence-electron chi connectivity index (χ4n) is 5.89. The number of hydrogen-bond donors (Lipinski definition) is 1. The van der Waals surface area contributed by atoms with E-state index in [1.807, 2.05) is 64.5 Å². The van der Waals surface area contributed by atoms with E-state index < -0.39 is 6.04 Å². The van der Waals surface area contributed by atoms with E-state index in [1.54, 1.807) is 13.3 Å². The maximum absolute atomic E-state index is 13.8. The van der Waals surface area contributed by atoms with E-state index in [2.05, 4.69) is 14.9 Å². The van der Waals surface area contributed by atoms with Gasteiger partial charge in [0, 0.05) is 55.3 Å². The number of carbonyl (C=O) groups excluding carboxylic acids is 3. The van der Waals surface area contributed by atoms with Gasteiger partial charge in [-0.15, -0.1) is 11.3 Å². The number of methoxy groups -OCH3 is 1. The molecule has 0 saturated carbocycles. The number of nitrogens with zero attached hydrogens (tertiary/aromatic N) is 4. The number of thiophene rings is 1. The van der Waals surface area contributed by atoms with Crippen LogP contribution in [0.3, 0.4) is 0 Å². The molecule has 4 aromatic rings. The van der Waals surface area contributed by atoms with Crippen molar-refractivity contribution in [1.29, 1.82) is 0 Å². The topological polar surface area (TPSA) is 106 Å². The first kappa shape index (κ1) is 29.7. The Hall–Kier alpha value is -4.38. The minimum Gasteiger partial charge on any atom is -0.493 e. The van der Waals surface area contributed by atoms with Gasteiger partial charge < -0.3 is 29.2 Å². The molecule has 1 N–H and O–H groups in total. The summed E-state index contributed by atoms with van der Waals surface area (Å²) in [6.45, 7) is 3.01. The molecule has 2 aromatic carbocycles. The molecule has 44 heavy (non-hydrogen) atoms. The first-order valence-corrected chi connectivity index (χ1v) is 16.0. The molecule has 2 aromatic heterocycles. The molecule has 2 aliphatic heterocycles. The Balaban J connectivity index is 1.26. The summed E-state index contributed by atoms with van der Waals surface area (Å²) in [6.07, 6.45) is 6.80. The van der Waals surface area contributed by atoms with Crippen LogP contribution in [0.4, 0.5) is 0 Å². The number of ether oxygens (including phenoxy) is 2. The average molecular weight is 616 g/mol. The monoisotopic (exact) mass is 615 g/mol. The third-order valence-corrected chi connectivity index (χ3v) is 9.32. The fourth-order valence-corrected chi connectivity index (χ4v) is 6.92. The van der Waals surface area contributed by atoms with Gasteiger partial charge in [-0.2, -0.15) is 0 Å². The van der Waals surface area contributed by atoms with Gasteiger partial charge in [-0.1, -0.05) is 18.2 Å². The van der Waals surface area contributed by atoms with Crippen molar-refractivity contribution in [3.8, 4) is 22.9 Å². The highest BCUT2D eigenvalue weighted by Gasteiger charge is 2.30. The maximum atomic E-state index is 13.8. The molecule has 1 atom stereocenters. The van der Waals surface area contributed by atoms with Crippen LogP contribution in [-0.4, -0.2) is 83.0 Å². The largest absolute Gasteiger partial charge is 0.493 e. The van der Waals surface area contributed by atoms with E-state index in [-0.39, 0.29) is 24.3 Å². The van der Waals surface area contributed by atoms with Crippen molar-refractivity contribution in [1.82, 2.24) is 24.7 Å². The molecular weight excluding hydrogens is 578 g/mol. The lowest BCUT2D eigenvalue weighted by Crippen LogP contribution is -2.45. The van der Waals surface area contributed by atoms with E-state index in [0.29, 0.717) is 61.9 Å². The van der Waals surface area contributed by atoms with Crippen LogP contribution in [0.5, 0.6) is 11.5 Å². The van der Waals surface area contributed by atoms with Crippen LogP contribution < -0.4 is 14.8 Å². The summed E-state index contributed by atoms with van der Waals surface area (Å²) in [6, 6.07) is 15.2. The standard InChI is InChI=1S/C33H37N5O5S/c1-42-26-11-9-24-21-27(26)43-20-19-38(33(41)29-22-23-7-2-3-8-28(23)44-29)15-5-4-14-37(32(40)25-10-12-30(39)35-25)17-6-16-36-18-13-34-31(24)36/h2-3,7-9,11,13,18,21-22,25H,4-6,10,12,14-17,19-20H2,1H3,(H,35,39). The van der Waals surface area contributed by atoms with Gasteiger partial charge >= 0.3 is 0 Å². The average Bonchev–Trinajstić information content (AvgIpc) is 3.80. The highest BCUT2D eigenvalue weighted by molar-refractivity contribution is 7.20. The lowest BCUT2D eigenvalue weighted by molar-refractivity contribution is -0.134. The van der Waals surface area contributed by atoms with Gasteiger partial charge in [-0.25, -0.2) is 4.98 Å². The van der Waals surface area contributed by atoms with Crippen molar-refractivity contribution in [3.63, 3.8) is 0 Å².